The molecule has 0 saturated heterocycles. The summed E-state index contributed by atoms with van der Waals surface area (Å²) in [6.45, 7) is 0. The summed E-state index contributed by atoms with van der Waals surface area (Å²) in [5, 5.41) is 11.3. The Morgan fingerprint density at radius 2 is 1.74 bits per heavy atom. The van der Waals surface area contributed by atoms with Crippen molar-refractivity contribution in [1.29, 1.82) is 0 Å². The molecule has 1 atom stereocenters. The molecule has 3 aromatic rings. The van der Waals surface area contributed by atoms with E-state index in [1.807, 2.05) is 6.07 Å². The summed E-state index contributed by atoms with van der Waals surface area (Å²) in [5.41, 5.74) is 2.27. The fourth-order valence-corrected chi connectivity index (χ4v) is 4.15. The molecule has 0 radical (unpaired) electrons. The molecule has 1 aromatic carbocycles. The topological polar surface area (TPSA) is 15.6 Å². The average Bonchev–Trinajstić information content (AvgIpc) is 3.33. The molecule has 0 fully saturated rings. The van der Waals surface area contributed by atoms with Crippen LogP contribution in [0.4, 0.5) is 5.69 Å². The van der Waals surface area contributed by atoms with E-state index in [1.165, 1.54) is 9.75 Å². The molecule has 0 spiro atoms. The molecular formula is C19H16N2S2. The van der Waals surface area contributed by atoms with Gasteiger partial charge in [-0.3, -0.25) is 5.01 Å². The lowest BCUT2D eigenvalue weighted by molar-refractivity contribution is 0.722. The highest BCUT2D eigenvalue weighted by Crippen LogP contribution is 2.37. The van der Waals surface area contributed by atoms with E-state index in [0.717, 1.165) is 17.8 Å². The van der Waals surface area contributed by atoms with Gasteiger partial charge < -0.3 is 0 Å². The van der Waals surface area contributed by atoms with E-state index in [-0.39, 0.29) is 0 Å². The Morgan fingerprint density at radius 3 is 2.48 bits per heavy atom. The van der Waals surface area contributed by atoms with Crippen molar-refractivity contribution in [2.45, 2.75) is 12.5 Å². The van der Waals surface area contributed by atoms with Crippen LogP contribution in [0.15, 0.2) is 76.5 Å². The lowest BCUT2D eigenvalue weighted by Crippen LogP contribution is -2.17. The number of hydrogen-bond acceptors (Lipinski definition) is 4. The second-order valence-corrected chi connectivity index (χ2v) is 7.31. The zero-order valence-electron chi connectivity index (χ0n) is 12.5. The molecule has 0 bridgehead atoms. The quantitative estimate of drug-likeness (QED) is 0.585. The predicted octanol–water partition coefficient (Wildman–Crippen LogP) is 5.83. The van der Waals surface area contributed by atoms with Gasteiger partial charge in [0.25, 0.3) is 0 Å². The van der Waals surface area contributed by atoms with Gasteiger partial charge in [-0.05, 0) is 47.2 Å². The van der Waals surface area contributed by atoms with Gasteiger partial charge in [-0.2, -0.15) is 5.10 Å². The van der Waals surface area contributed by atoms with Gasteiger partial charge in [-0.15, -0.1) is 22.7 Å². The summed E-state index contributed by atoms with van der Waals surface area (Å²) in [6, 6.07) is 19.2. The number of rotatable bonds is 4. The van der Waals surface area contributed by atoms with Crippen LogP contribution in [0.1, 0.15) is 22.2 Å². The monoisotopic (exact) mass is 336 g/mol. The number of hydrazone groups is 1. The van der Waals surface area contributed by atoms with Crippen LogP contribution in [0.5, 0.6) is 0 Å². The Morgan fingerprint density at radius 1 is 0.913 bits per heavy atom. The normalized spacial score (nSPS) is 17.8. The first kappa shape index (κ1) is 14.4. The first-order valence-electron chi connectivity index (χ1n) is 7.57. The molecule has 1 unspecified atom stereocenters. The highest BCUT2D eigenvalue weighted by Gasteiger charge is 2.28. The summed E-state index contributed by atoms with van der Waals surface area (Å²) in [6.07, 6.45) is 5.25. The molecule has 4 heteroatoms. The molecule has 4 rings (SSSR count). The molecule has 2 nitrogen and oxygen atoms in total. The van der Waals surface area contributed by atoms with E-state index in [4.69, 9.17) is 5.10 Å². The van der Waals surface area contributed by atoms with E-state index in [9.17, 15) is 0 Å². The zero-order chi connectivity index (χ0) is 15.5. The first-order chi connectivity index (χ1) is 11.4. The Labute approximate surface area is 144 Å². The SMILES string of the molecule is C(=Cc1cccs1)C1=NN(c2ccccc2)C(c2cccs2)C1. The molecule has 2 aromatic heterocycles. The molecule has 1 aliphatic heterocycles. The van der Waals surface area contributed by atoms with Gasteiger partial charge in [0.15, 0.2) is 0 Å². The molecule has 3 heterocycles. The van der Waals surface area contributed by atoms with Crippen molar-refractivity contribution in [3.8, 4) is 0 Å². The number of benzene rings is 1. The minimum Gasteiger partial charge on any atom is -0.257 e. The molecule has 0 aliphatic carbocycles. The standard InChI is InChI=1S/C19H16N2S2/c1-2-6-16(7-3-1)21-18(19-9-5-13-23-19)14-15(20-21)10-11-17-8-4-12-22-17/h1-13,18H,14H2. The predicted molar refractivity (Wildman–Crippen MR) is 101 cm³/mol. The summed E-state index contributed by atoms with van der Waals surface area (Å²) in [7, 11) is 0. The van der Waals surface area contributed by atoms with Crippen molar-refractivity contribution >= 4 is 40.1 Å². The van der Waals surface area contributed by atoms with Crippen molar-refractivity contribution in [2.75, 3.05) is 5.01 Å². The molecular weight excluding hydrogens is 320 g/mol. The number of hydrogen-bond donors (Lipinski definition) is 0. The van der Waals surface area contributed by atoms with Crippen LogP contribution in [-0.4, -0.2) is 5.71 Å². The fraction of sp³-hybridized carbons (Fsp3) is 0.105. The minimum absolute atomic E-state index is 0.292. The van der Waals surface area contributed by atoms with E-state index >= 15 is 0 Å². The fourth-order valence-electron chi connectivity index (χ4n) is 2.72. The summed E-state index contributed by atoms with van der Waals surface area (Å²) in [4.78, 5) is 2.62. The lowest BCUT2D eigenvalue weighted by atomic mass is 10.1. The van der Waals surface area contributed by atoms with E-state index in [1.54, 1.807) is 22.7 Å². The van der Waals surface area contributed by atoms with Crippen LogP contribution in [0.3, 0.4) is 0 Å². The third kappa shape index (κ3) is 3.14. The van der Waals surface area contributed by atoms with Crippen LogP contribution < -0.4 is 5.01 Å². The summed E-state index contributed by atoms with van der Waals surface area (Å²) >= 11 is 3.55. The Hall–Kier alpha value is -2.17. The maximum absolute atomic E-state index is 4.87. The van der Waals surface area contributed by atoms with Crippen molar-refractivity contribution in [1.82, 2.24) is 0 Å². The van der Waals surface area contributed by atoms with E-state index < -0.39 is 0 Å². The van der Waals surface area contributed by atoms with Gasteiger partial charge in [0.1, 0.15) is 0 Å². The van der Waals surface area contributed by atoms with Gasteiger partial charge in [-0.1, -0.05) is 30.3 Å². The minimum atomic E-state index is 0.292. The van der Waals surface area contributed by atoms with Crippen molar-refractivity contribution < 1.29 is 0 Å². The Balaban J connectivity index is 1.64. The molecule has 0 amide bonds. The van der Waals surface area contributed by atoms with Gasteiger partial charge >= 0.3 is 0 Å². The smallest absolute Gasteiger partial charge is 0.0923 e. The number of para-hydroxylation sites is 1. The third-order valence-electron chi connectivity index (χ3n) is 3.81. The van der Waals surface area contributed by atoms with Gasteiger partial charge in [0.2, 0.25) is 0 Å². The Kier molecular flexibility index (Phi) is 4.09. The lowest BCUT2D eigenvalue weighted by Gasteiger charge is -2.22. The second kappa shape index (κ2) is 6.52. The van der Waals surface area contributed by atoms with Crippen LogP contribution in [0.25, 0.3) is 6.08 Å². The number of anilines is 1. The molecule has 0 N–H and O–H groups in total. The largest absolute Gasteiger partial charge is 0.257 e. The molecule has 23 heavy (non-hydrogen) atoms. The maximum Gasteiger partial charge on any atom is 0.0923 e. The molecule has 0 saturated carbocycles. The number of nitrogens with zero attached hydrogens (tertiary/aromatic N) is 2. The molecule has 1 aliphatic rings. The van der Waals surface area contributed by atoms with E-state index in [2.05, 4.69) is 76.5 Å². The highest BCUT2D eigenvalue weighted by atomic mass is 32.1. The first-order valence-corrected chi connectivity index (χ1v) is 9.33. The maximum atomic E-state index is 4.87. The van der Waals surface area contributed by atoms with Crippen LogP contribution in [0.2, 0.25) is 0 Å². The van der Waals surface area contributed by atoms with Crippen molar-refractivity contribution in [2.24, 2.45) is 5.10 Å². The zero-order valence-corrected chi connectivity index (χ0v) is 14.1. The van der Waals surface area contributed by atoms with Crippen LogP contribution in [-0.2, 0) is 0 Å². The number of allylic oxidation sites excluding steroid dienone is 1. The number of thiophene rings is 2. The Bertz CT molecular complexity index is 802. The van der Waals surface area contributed by atoms with Crippen LogP contribution in [0, 0.1) is 0 Å². The van der Waals surface area contributed by atoms with Crippen molar-refractivity contribution in [3.63, 3.8) is 0 Å². The van der Waals surface area contributed by atoms with Crippen LogP contribution >= 0.6 is 22.7 Å². The van der Waals surface area contributed by atoms with Gasteiger partial charge in [0, 0.05) is 16.2 Å². The molecule has 114 valence electrons. The second-order valence-electron chi connectivity index (χ2n) is 5.36. The van der Waals surface area contributed by atoms with E-state index in [0.29, 0.717) is 6.04 Å². The summed E-state index contributed by atoms with van der Waals surface area (Å²) < 4.78 is 0. The summed E-state index contributed by atoms with van der Waals surface area (Å²) in [5.74, 6) is 0. The average molecular weight is 336 g/mol. The third-order valence-corrected chi connectivity index (χ3v) is 5.62. The van der Waals surface area contributed by atoms with Gasteiger partial charge in [-0.25, -0.2) is 0 Å². The van der Waals surface area contributed by atoms with Crippen molar-refractivity contribution in [3.05, 3.63) is 81.2 Å². The van der Waals surface area contributed by atoms with Gasteiger partial charge in [0.05, 0.1) is 17.4 Å². The highest BCUT2D eigenvalue weighted by molar-refractivity contribution is 7.10.